The summed E-state index contributed by atoms with van der Waals surface area (Å²) in [5.41, 5.74) is 0. The normalized spacial score (nSPS) is 12.2. The molecule has 0 aromatic heterocycles. The van der Waals surface area contributed by atoms with Gasteiger partial charge in [0.15, 0.2) is 0 Å². The minimum Gasteiger partial charge on any atom is -0.481 e. The van der Waals surface area contributed by atoms with Crippen molar-refractivity contribution < 1.29 is 19.4 Å². The second-order valence-electron chi connectivity index (χ2n) is 7.58. The van der Waals surface area contributed by atoms with E-state index in [-0.39, 0.29) is 13.0 Å². The number of ether oxygens (including phenoxy) is 1. The van der Waals surface area contributed by atoms with Crippen molar-refractivity contribution >= 4 is 11.9 Å². The molecular weight excluding hydrogens is 352 g/mol. The first-order valence-electron chi connectivity index (χ1n) is 11.3. The zero-order valence-corrected chi connectivity index (χ0v) is 18.0. The Kier molecular flexibility index (Phi) is 19.0. The number of carboxylic acid groups (broad SMARTS) is 1. The average molecular weight is 395 g/mol. The number of rotatable bonds is 20. The average Bonchev–Trinajstić information content (AvgIpc) is 2.68. The van der Waals surface area contributed by atoms with Gasteiger partial charge in [0, 0.05) is 0 Å². The minimum atomic E-state index is -0.911. The van der Waals surface area contributed by atoms with Gasteiger partial charge < -0.3 is 9.84 Å². The molecule has 0 aliphatic rings. The fraction of sp³-hybridized carbons (Fsp3) is 0.750. The highest BCUT2D eigenvalue weighted by atomic mass is 16.5. The molecule has 0 amide bonds. The van der Waals surface area contributed by atoms with Gasteiger partial charge in [0.25, 0.3) is 0 Å². The number of allylic oxidation sites excluding steroid dienone is 2. The Labute approximate surface area is 172 Å². The van der Waals surface area contributed by atoms with E-state index in [1.165, 1.54) is 63.9 Å². The molecule has 0 aromatic carbocycles. The largest absolute Gasteiger partial charge is 0.481 e. The maximum atomic E-state index is 11.5. The summed E-state index contributed by atoms with van der Waals surface area (Å²) in [6.07, 6.45) is 22.4. The zero-order chi connectivity index (χ0) is 20.9. The van der Waals surface area contributed by atoms with E-state index in [2.05, 4.69) is 25.7 Å². The Morgan fingerprint density at radius 2 is 1.43 bits per heavy atom. The van der Waals surface area contributed by atoms with Gasteiger partial charge in [-0.3, -0.25) is 9.59 Å². The lowest BCUT2D eigenvalue weighted by atomic mass is 9.97. The third-order valence-electron chi connectivity index (χ3n) is 4.94. The third-order valence-corrected chi connectivity index (χ3v) is 4.94. The molecule has 0 aliphatic carbocycles. The van der Waals surface area contributed by atoms with E-state index in [0.29, 0.717) is 6.42 Å². The van der Waals surface area contributed by atoms with Crippen LogP contribution in [-0.4, -0.2) is 23.7 Å². The van der Waals surface area contributed by atoms with Gasteiger partial charge in [-0.2, -0.15) is 0 Å². The fourth-order valence-electron chi connectivity index (χ4n) is 3.19. The first-order chi connectivity index (χ1) is 13.6. The number of carbonyl (C=O) groups is 2. The van der Waals surface area contributed by atoms with Crippen molar-refractivity contribution in [2.24, 2.45) is 5.92 Å². The van der Waals surface area contributed by atoms with Crippen LogP contribution in [0.3, 0.4) is 0 Å². The Morgan fingerprint density at radius 1 is 0.893 bits per heavy atom. The standard InChI is InChI=1S/C24H42O4/c1-3-5-6-7-8-9-10-11-12-13-14-15-16-17-18-19-22(24(26)27)21-23(25)28-20-4-2/h4,11-12,22H,2-3,5-10,13-21H2,1H3,(H,26,27)/b12-11+. The van der Waals surface area contributed by atoms with Crippen molar-refractivity contribution in [3.05, 3.63) is 24.8 Å². The van der Waals surface area contributed by atoms with Gasteiger partial charge in [-0.05, 0) is 32.1 Å². The first-order valence-corrected chi connectivity index (χ1v) is 11.3. The summed E-state index contributed by atoms with van der Waals surface area (Å²) < 4.78 is 4.87. The fourth-order valence-corrected chi connectivity index (χ4v) is 3.19. The number of carboxylic acids is 1. The molecule has 0 aromatic rings. The van der Waals surface area contributed by atoms with Gasteiger partial charge in [0.2, 0.25) is 0 Å². The molecule has 1 unspecified atom stereocenters. The van der Waals surface area contributed by atoms with Gasteiger partial charge in [0.05, 0.1) is 12.3 Å². The molecule has 0 radical (unpaired) electrons. The van der Waals surface area contributed by atoms with E-state index in [1.54, 1.807) is 0 Å². The SMILES string of the molecule is C=CCOC(=O)CC(CCCCCCC/C=C/CCCCCCCC)C(=O)O. The van der Waals surface area contributed by atoms with Crippen LogP contribution in [0.2, 0.25) is 0 Å². The number of esters is 1. The van der Waals surface area contributed by atoms with E-state index in [0.717, 1.165) is 25.7 Å². The smallest absolute Gasteiger partial charge is 0.307 e. The second-order valence-corrected chi connectivity index (χ2v) is 7.58. The van der Waals surface area contributed by atoms with Gasteiger partial charge >= 0.3 is 11.9 Å². The molecule has 0 fully saturated rings. The van der Waals surface area contributed by atoms with E-state index >= 15 is 0 Å². The Hall–Kier alpha value is -1.58. The molecule has 162 valence electrons. The molecule has 1 atom stereocenters. The van der Waals surface area contributed by atoms with Crippen LogP contribution in [0.5, 0.6) is 0 Å². The van der Waals surface area contributed by atoms with Crippen LogP contribution in [0.15, 0.2) is 24.8 Å². The van der Waals surface area contributed by atoms with E-state index in [1.807, 2.05) is 0 Å². The summed E-state index contributed by atoms with van der Waals surface area (Å²) in [4.78, 5) is 22.8. The minimum absolute atomic E-state index is 0.0490. The van der Waals surface area contributed by atoms with Crippen molar-refractivity contribution in [1.82, 2.24) is 0 Å². The lowest BCUT2D eigenvalue weighted by Crippen LogP contribution is -2.19. The second kappa shape index (κ2) is 20.2. The molecule has 4 heteroatoms. The Balaban J connectivity index is 3.55. The van der Waals surface area contributed by atoms with Crippen LogP contribution in [0.25, 0.3) is 0 Å². The van der Waals surface area contributed by atoms with Gasteiger partial charge in [-0.1, -0.05) is 89.5 Å². The van der Waals surface area contributed by atoms with Crippen LogP contribution in [0, 0.1) is 5.92 Å². The summed E-state index contributed by atoms with van der Waals surface area (Å²) in [5.74, 6) is -2.01. The van der Waals surface area contributed by atoms with Crippen molar-refractivity contribution in [2.45, 2.75) is 103 Å². The highest BCUT2D eigenvalue weighted by molar-refractivity contribution is 5.78. The highest BCUT2D eigenvalue weighted by Gasteiger charge is 2.21. The third kappa shape index (κ3) is 17.8. The first kappa shape index (κ1) is 26.4. The van der Waals surface area contributed by atoms with Crippen LogP contribution in [-0.2, 0) is 14.3 Å². The summed E-state index contributed by atoms with van der Waals surface area (Å²) in [7, 11) is 0. The predicted molar refractivity (Wildman–Crippen MR) is 116 cm³/mol. The molecule has 0 spiro atoms. The summed E-state index contributed by atoms with van der Waals surface area (Å²) in [6.45, 7) is 5.86. The zero-order valence-electron chi connectivity index (χ0n) is 18.0. The molecule has 1 N–H and O–H groups in total. The Morgan fingerprint density at radius 3 is 1.96 bits per heavy atom. The molecule has 0 heterocycles. The molecule has 0 rings (SSSR count). The van der Waals surface area contributed by atoms with Gasteiger partial charge in [0.1, 0.15) is 6.61 Å². The maximum Gasteiger partial charge on any atom is 0.307 e. The molecule has 28 heavy (non-hydrogen) atoms. The maximum absolute atomic E-state index is 11.5. The number of carbonyl (C=O) groups excluding carboxylic acids is 1. The summed E-state index contributed by atoms with van der Waals surface area (Å²) >= 11 is 0. The van der Waals surface area contributed by atoms with Crippen LogP contribution < -0.4 is 0 Å². The molecule has 0 saturated carbocycles. The number of aliphatic carboxylic acids is 1. The van der Waals surface area contributed by atoms with Crippen molar-refractivity contribution in [3.63, 3.8) is 0 Å². The molecule has 4 nitrogen and oxygen atoms in total. The molecule has 0 bridgehead atoms. The Bertz CT molecular complexity index is 428. The molecular formula is C24H42O4. The molecule has 0 aliphatic heterocycles. The molecule has 0 saturated heterocycles. The summed E-state index contributed by atoms with van der Waals surface area (Å²) in [6, 6.07) is 0. The van der Waals surface area contributed by atoms with Crippen molar-refractivity contribution in [2.75, 3.05) is 6.61 Å². The lowest BCUT2D eigenvalue weighted by molar-refractivity contribution is -0.151. The van der Waals surface area contributed by atoms with Crippen LogP contribution in [0.4, 0.5) is 0 Å². The number of hydrogen-bond donors (Lipinski definition) is 1. The van der Waals surface area contributed by atoms with E-state index < -0.39 is 17.9 Å². The highest BCUT2D eigenvalue weighted by Crippen LogP contribution is 2.16. The van der Waals surface area contributed by atoms with Crippen molar-refractivity contribution in [3.8, 4) is 0 Å². The van der Waals surface area contributed by atoms with Crippen molar-refractivity contribution in [1.29, 1.82) is 0 Å². The van der Waals surface area contributed by atoms with E-state index in [9.17, 15) is 14.7 Å². The van der Waals surface area contributed by atoms with Gasteiger partial charge in [-0.15, -0.1) is 0 Å². The van der Waals surface area contributed by atoms with Gasteiger partial charge in [-0.25, -0.2) is 0 Å². The van der Waals surface area contributed by atoms with E-state index in [4.69, 9.17) is 4.74 Å². The number of hydrogen-bond acceptors (Lipinski definition) is 3. The quantitative estimate of drug-likeness (QED) is 0.139. The monoisotopic (exact) mass is 394 g/mol. The van der Waals surface area contributed by atoms with Crippen LogP contribution >= 0.6 is 0 Å². The lowest BCUT2D eigenvalue weighted by Gasteiger charge is -2.11. The topological polar surface area (TPSA) is 63.6 Å². The summed E-state index contributed by atoms with van der Waals surface area (Å²) in [5, 5.41) is 9.23. The van der Waals surface area contributed by atoms with Crippen LogP contribution in [0.1, 0.15) is 103 Å². The number of unbranched alkanes of at least 4 members (excludes halogenated alkanes) is 11. The predicted octanol–water partition coefficient (Wildman–Crippen LogP) is 6.84.